The summed E-state index contributed by atoms with van der Waals surface area (Å²) in [5.74, 6) is 0. The molecule has 0 spiro atoms. The van der Waals surface area contributed by atoms with Gasteiger partial charge < -0.3 is 21.3 Å². The zero-order chi connectivity index (χ0) is 36.1. The highest BCUT2D eigenvalue weighted by atomic mass is 14.9. The summed E-state index contributed by atoms with van der Waals surface area (Å²) >= 11 is 0. The second-order valence-corrected chi connectivity index (χ2v) is 13.6. The first-order chi connectivity index (χ1) is 25.7. The van der Waals surface area contributed by atoms with Crippen molar-refractivity contribution in [1.82, 2.24) is 21.3 Å². The van der Waals surface area contributed by atoms with Crippen molar-refractivity contribution < 1.29 is 0 Å². The zero-order valence-corrected chi connectivity index (χ0v) is 30.7. The van der Waals surface area contributed by atoms with Crippen LogP contribution in [0.1, 0.15) is 47.9 Å². The van der Waals surface area contributed by atoms with E-state index in [9.17, 15) is 0 Å². The lowest BCUT2D eigenvalue weighted by molar-refractivity contribution is 0.686. The first-order valence-electron chi connectivity index (χ1n) is 18.9. The van der Waals surface area contributed by atoms with Gasteiger partial charge in [0.15, 0.2) is 0 Å². The van der Waals surface area contributed by atoms with E-state index in [1.165, 1.54) is 76.8 Å². The van der Waals surface area contributed by atoms with Crippen molar-refractivity contribution >= 4 is 32.3 Å². The molecule has 4 heteroatoms. The van der Waals surface area contributed by atoms with Crippen LogP contribution in [0.4, 0.5) is 0 Å². The van der Waals surface area contributed by atoms with Gasteiger partial charge in [-0.3, -0.25) is 0 Å². The molecule has 0 amide bonds. The Kier molecular flexibility index (Phi) is 13.2. The summed E-state index contributed by atoms with van der Waals surface area (Å²) in [6.45, 7) is 22.5. The lowest BCUT2D eigenvalue weighted by atomic mass is 9.84. The van der Waals surface area contributed by atoms with E-state index in [0.29, 0.717) is 0 Å². The molecule has 0 saturated carbocycles. The maximum atomic E-state index is 3.91. The van der Waals surface area contributed by atoms with Gasteiger partial charge in [0.05, 0.1) is 0 Å². The van der Waals surface area contributed by atoms with Crippen molar-refractivity contribution in [3.63, 3.8) is 0 Å². The van der Waals surface area contributed by atoms with Crippen molar-refractivity contribution in [2.75, 3.05) is 26.2 Å². The van der Waals surface area contributed by atoms with Crippen LogP contribution in [0.15, 0.2) is 136 Å². The third-order valence-corrected chi connectivity index (χ3v) is 10.0. The fourth-order valence-corrected chi connectivity index (χ4v) is 7.53. The SMILES string of the molecule is C=CCCNCc1cccc(CNCCC=C)c1-c1ccc2ccc3c(-c4c(CNCCC=C)cccc4CNCCC=C)ccc4ccc1c2c43. The first kappa shape index (κ1) is 36.9. The largest absolute Gasteiger partial charge is 0.312 e. The van der Waals surface area contributed by atoms with Gasteiger partial charge >= 0.3 is 0 Å². The molecule has 0 fully saturated rings. The molecule has 6 rings (SSSR count). The van der Waals surface area contributed by atoms with Crippen LogP contribution in [-0.2, 0) is 26.2 Å². The Labute approximate surface area is 310 Å². The Balaban J connectivity index is 1.52. The van der Waals surface area contributed by atoms with Crippen molar-refractivity contribution in [2.24, 2.45) is 0 Å². The summed E-state index contributed by atoms with van der Waals surface area (Å²) in [6.07, 6.45) is 11.7. The average Bonchev–Trinajstić information content (AvgIpc) is 3.18. The smallest absolute Gasteiger partial charge is 0.0211 e. The number of rotatable bonds is 22. The Morgan fingerprint density at radius 3 is 1.00 bits per heavy atom. The molecule has 0 bridgehead atoms. The number of hydrogen-bond acceptors (Lipinski definition) is 4. The molecule has 4 nitrogen and oxygen atoms in total. The van der Waals surface area contributed by atoms with Crippen LogP contribution in [0.2, 0.25) is 0 Å². The molecule has 0 aromatic heterocycles. The molecule has 0 aliphatic heterocycles. The molecule has 6 aromatic carbocycles. The van der Waals surface area contributed by atoms with Crippen molar-refractivity contribution in [1.29, 1.82) is 0 Å². The molecule has 266 valence electrons. The van der Waals surface area contributed by atoms with Crippen LogP contribution >= 0.6 is 0 Å². The summed E-state index contributed by atoms with van der Waals surface area (Å²) < 4.78 is 0. The molecule has 0 heterocycles. The summed E-state index contributed by atoms with van der Waals surface area (Å²) in [6, 6.07) is 32.2. The van der Waals surface area contributed by atoms with Gasteiger partial charge in [0.25, 0.3) is 0 Å². The normalized spacial score (nSPS) is 11.5. The molecule has 4 N–H and O–H groups in total. The van der Waals surface area contributed by atoms with Gasteiger partial charge in [-0.25, -0.2) is 0 Å². The molecule has 0 atom stereocenters. The fraction of sp³-hybridized carbons (Fsp3) is 0.250. The molecule has 52 heavy (non-hydrogen) atoms. The van der Waals surface area contributed by atoms with Gasteiger partial charge in [-0.05, 0) is 129 Å². The predicted molar refractivity (Wildman–Crippen MR) is 227 cm³/mol. The van der Waals surface area contributed by atoms with E-state index < -0.39 is 0 Å². The van der Waals surface area contributed by atoms with E-state index in [-0.39, 0.29) is 0 Å². The first-order valence-corrected chi connectivity index (χ1v) is 18.9. The lowest BCUT2D eigenvalue weighted by Gasteiger charge is -2.22. The number of benzene rings is 6. The average molecular weight is 687 g/mol. The Morgan fingerprint density at radius 1 is 0.385 bits per heavy atom. The molecule has 0 unspecified atom stereocenters. The molecular formula is C48H54N4. The summed E-state index contributed by atoms with van der Waals surface area (Å²) in [7, 11) is 0. The minimum absolute atomic E-state index is 0.803. The standard InChI is InChI=1S/C48H54N4/c1-5-9-27-49-31-37-15-13-16-38(32-50-28-10-6-2)45(37)41-23-19-35-22-26-44-42(24-20-36-21-25-43(41)47(35)48(36)44)46-39(33-51-29-11-7-3)17-14-18-40(46)34-52-30-12-8-4/h5-8,13-26,49-52H,1-4,9-12,27-34H2. The van der Waals surface area contributed by atoms with E-state index in [0.717, 1.165) is 78.0 Å². The van der Waals surface area contributed by atoms with Crippen LogP contribution in [0.3, 0.4) is 0 Å². The lowest BCUT2D eigenvalue weighted by Crippen LogP contribution is -2.18. The topological polar surface area (TPSA) is 48.1 Å². The molecule has 0 saturated heterocycles. The van der Waals surface area contributed by atoms with Gasteiger partial charge in [-0.1, -0.05) is 109 Å². The van der Waals surface area contributed by atoms with Crippen LogP contribution in [0.25, 0.3) is 54.6 Å². The fourth-order valence-electron chi connectivity index (χ4n) is 7.53. The van der Waals surface area contributed by atoms with Crippen LogP contribution in [0, 0.1) is 0 Å². The van der Waals surface area contributed by atoms with Crippen LogP contribution in [0.5, 0.6) is 0 Å². The minimum atomic E-state index is 0.803. The maximum Gasteiger partial charge on any atom is 0.0211 e. The molecule has 0 aliphatic carbocycles. The van der Waals surface area contributed by atoms with Crippen LogP contribution < -0.4 is 21.3 Å². The molecule has 0 radical (unpaired) electrons. The highest BCUT2D eigenvalue weighted by molar-refractivity contribution is 6.27. The summed E-state index contributed by atoms with van der Waals surface area (Å²) in [5.41, 5.74) is 10.5. The second-order valence-electron chi connectivity index (χ2n) is 13.6. The Morgan fingerprint density at radius 2 is 0.692 bits per heavy atom. The zero-order valence-electron chi connectivity index (χ0n) is 30.7. The van der Waals surface area contributed by atoms with E-state index in [4.69, 9.17) is 0 Å². The predicted octanol–water partition coefficient (Wildman–Crippen LogP) is 10.6. The van der Waals surface area contributed by atoms with Gasteiger partial charge in [0.1, 0.15) is 0 Å². The van der Waals surface area contributed by atoms with E-state index in [1.807, 2.05) is 24.3 Å². The van der Waals surface area contributed by atoms with E-state index in [1.54, 1.807) is 0 Å². The van der Waals surface area contributed by atoms with Crippen molar-refractivity contribution in [2.45, 2.75) is 51.9 Å². The van der Waals surface area contributed by atoms with Crippen LogP contribution in [-0.4, -0.2) is 26.2 Å². The Hall–Kier alpha value is -4.84. The minimum Gasteiger partial charge on any atom is -0.312 e. The quantitative estimate of drug-likeness (QED) is 0.0326. The maximum absolute atomic E-state index is 3.91. The van der Waals surface area contributed by atoms with Crippen molar-refractivity contribution in [3.8, 4) is 22.3 Å². The summed E-state index contributed by atoms with van der Waals surface area (Å²) in [5, 5.41) is 22.5. The molecule has 0 aliphatic rings. The Bertz CT molecular complexity index is 1920. The van der Waals surface area contributed by atoms with Crippen molar-refractivity contribution in [3.05, 3.63) is 158 Å². The summed E-state index contributed by atoms with van der Waals surface area (Å²) in [4.78, 5) is 0. The number of hydrogen-bond donors (Lipinski definition) is 4. The highest BCUT2D eigenvalue weighted by Crippen LogP contribution is 2.44. The third kappa shape index (κ3) is 8.28. The van der Waals surface area contributed by atoms with Gasteiger partial charge in [0, 0.05) is 26.2 Å². The van der Waals surface area contributed by atoms with Gasteiger partial charge in [-0.2, -0.15) is 0 Å². The van der Waals surface area contributed by atoms with E-state index in [2.05, 4.69) is 133 Å². The van der Waals surface area contributed by atoms with E-state index >= 15 is 0 Å². The monoisotopic (exact) mass is 686 g/mol. The molecule has 6 aromatic rings. The number of nitrogens with one attached hydrogen (secondary N) is 4. The second kappa shape index (κ2) is 18.6. The van der Waals surface area contributed by atoms with Gasteiger partial charge in [-0.15, -0.1) is 26.3 Å². The third-order valence-electron chi connectivity index (χ3n) is 10.0. The van der Waals surface area contributed by atoms with Gasteiger partial charge in [0.2, 0.25) is 0 Å². The highest BCUT2D eigenvalue weighted by Gasteiger charge is 2.20. The molecular weight excluding hydrogens is 633 g/mol.